The Bertz CT molecular complexity index is 845. The first-order chi connectivity index (χ1) is 18.0. The third-order valence-corrected chi connectivity index (χ3v) is 8.11. The SMILES string of the molecule is CC.CNc1nc(N2CCCCCC2)ccc1C(=N)C(=O)NC1CCN(CCN2CCCCC2C)CC1. The van der Waals surface area contributed by atoms with Crippen LogP contribution in [0.2, 0.25) is 0 Å². The molecule has 0 aromatic carbocycles. The van der Waals surface area contributed by atoms with Gasteiger partial charge in [0.2, 0.25) is 0 Å². The summed E-state index contributed by atoms with van der Waals surface area (Å²) in [5, 5.41) is 14.8. The number of hydrogen-bond donors (Lipinski definition) is 3. The number of piperidine rings is 2. The van der Waals surface area contributed by atoms with Crippen molar-refractivity contribution in [1.82, 2.24) is 20.1 Å². The lowest BCUT2D eigenvalue weighted by Gasteiger charge is -2.37. The van der Waals surface area contributed by atoms with Gasteiger partial charge >= 0.3 is 0 Å². The van der Waals surface area contributed by atoms with E-state index in [1.807, 2.05) is 33.0 Å². The van der Waals surface area contributed by atoms with Gasteiger partial charge in [0.25, 0.3) is 5.91 Å². The molecule has 0 spiro atoms. The molecular formula is C29H51N7O. The molecule has 0 saturated carbocycles. The van der Waals surface area contributed by atoms with E-state index in [4.69, 9.17) is 10.4 Å². The van der Waals surface area contributed by atoms with Gasteiger partial charge in [0.15, 0.2) is 0 Å². The number of pyridine rings is 1. The predicted molar refractivity (Wildman–Crippen MR) is 155 cm³/mol. The quantitative estimate of drug-likeness (QED) is 0.448. The van der Waals surface area contributed by atoms with Gasteiger partial charge in [-0.3, -0.25) is 15.1 Å². The Morgan fingerprint density at radius 1 is 0.946 bits per heavy atom. The van der Waals surface area contributed by atoms with Crippen molar-refractivity contribution in [3.63, 3.8) is 0 Å². The largest absolute Gasteiger partial charge is 0.373 e. The normalized spacial score (nSPS) is 21.9. The fourth-order valence-corrected chi connectivity index (χ4v) is 5.76. The number of aromatic nitrogens is 1. The fraction of sp³-hybridized carbons (Fsp3) is 0.759. The molecule has 3 saturated heterocycles. The van der Waals surface area contributed by atoms with Gasteiger partial charge in [0.1, 0.15) is 17.3 Å². The van der Waals surface area contributed by atoms with Crippen LogP contribution in [0.15, 0.2) is 12.1 Å². The topological polar surface area (TPSA) is 87.6 Å². The lowest BCUT2D eigenvalue weighted by molar-refractivity contribution is -0.115. The molecule has 1 aromatic heterocycles. The lowest BCUT2D eigenvalue weighted by atomic mass is 10.0. The molecule has 3 fully saturated rings. The van der Waals surface area contributed by atoms with Crippen LogP contribution in [0.3, 0.4) is 0 Å². The second-order valence-electron chi connectivity index (χ2n) is 10.6. The minimum absolute atomic E-state index is 0.00854. The third kappa shape index (κ3) is 8.40. The van der Waals surface area contributed by atoms with Crippen LogP contribution >= 0.6 is 0 Å². The number of hydrogen-bond acceptors (Lipinski definition) is 7. The summed E-state index contributed by atoms with van der Waals surface area (Å²) >= 11 is 0. The molecule has 8 heteroatoms. The van der Waals surface area contributed by atoms with E-state index in [0.29, 0.717) is 17.4 Å². The standard InChI is InChI=1S/C27H45N7O.C2H6/c1-21-9-5-8-14-33(21)20-19-32-17-12-22(13-18-32)30-27(35)25(28)23-10-11-24(31-26(23)29-2)34-15-6-3-4-7-16-34;1-2/h10-11,21-22,28H,3-9,12-20H2,1-2H3,(H,29,31)(H,30,35);1-2H3. The summed E-state index contributed by atoms with van der Waals surface area (Å²) in [5.41, 5.74) is 0.558. The average Bonchev–Trinajstić information content (AvgIpc) is 3.23. The molecule has 4 heterocycles. The molecule has 4 rings (SSSR count). The number of anilines is 2. The van der Waals surface area contributed by atoms with Crippen molar-refractivity contribution in [3.8, 4) is 0 Å². The first-order valence-corrected chi connectivity index (χ1v) is 14.8. The maximum atomic E-state index is 12.9. The van der Waals surface area contributed by atoms with Crippen molar-refractivity contribution in [1.29, 1.82) is 5.41 Å². The van der Waals surface area contributed by atoms with Crippen LogP contribution in [0.1, 0.15) is 84.1 Å². The molecule has 0 bridgehead atoms. The Labute approximate surface area is 225 Å². The Kier molecular flexibility index (Phi) is 12.1. The van der Waals surface area contributed by atoms with Crippen LogP contribution in [0.5, 0.6) is 0 Å². The van der Waals surface area contributed by atoms with Crippen LogP contribution in [0.4, 0.5) is 11.6 Å². The molecule has 0 aliphatic carbocycles. The van der Waals surface area contributed by atoms with Gasteiger partial charge in [-0.1, -0.05) is 33.1 Å². The van der Waals surface area contributed by atoms with E-state index in [1.165, 1.54) is 51.5 Å². The Morgan fingerprint density at radius 2 is 1.62 bits per heavy atom. The highest BCUT2D eigenvalue weighted by Gasteiger charge is 2.25. The van der Waals surface area contributed by atoms with Gasteiger partial charge < -0.3 is 20.4 Å². The molecule has 1 unspecified atom stereocenters. The zero-order valence-corrected chi connectivity index (χ0v) is 23.8. The van der Waals surface area contributed by atoms with E-state index in [-0.39, 0.29) is 17.7 Å². The molecule has 8 nitrogen and oxygen atoms in total. The van der Waals surface area contributed by atoms with Crippen molar-refractivity contribution in [2.75, 3.05) is 63.1 Å². The molecule has 208 valence electrons. The molecule has 3 N–H and O–H groups in total. The molecule has 37 heavy (non-hydrogen) atoms. The van der Waals surface area contributed by atoms with E-state index in [1.54, 1.807) is 0 Å². The van der Waals surface area contributed by atoms with E-state index in [0.717, 1.165) is 57.9 Å². The van der Waals surface area contributed by atoms with E-state index < -0.39 is 0 Å². The highest BCUT2D eigenvalue weighted by atomic mass is 16.1. The second kappa shape index (κ2) is 15.3. The van der Waals surface area contributed by atoms with Gasteiger partial charge in [-0.2, -0.15) is 0 Å². The molecule has 3 aliphatic rings. The summed E-state index contributed by atoms with van der Waals surface area (Å²) in [7, 11) is 1.81. The Balaban J connectivity index is 0.00000186. The van der Waals surface area contributed by atoms with E-state index >= 15 is 0 Å². The molecule has 1 amide bonds. The monoisotopic (exact) mass is 513 g/mol. The number of carbonyl (C=O) groups excluding carboxylic acids is 1. The minimum Gasteiger partial charge on any atom is -0.373 e. The van der Waals surface area contributed by atoms with Gasteiger partial charge in [0, 0.05) is 64.0 Å². The van der Waals surface area contributed by atoms with Crippen molar-refractivity contribution >= 4 is 23.3 Å². The van der Waals surface area contributed by atoms with Crippen LogP contribution in [0, 0.1) is 5.41 Å². The fourth-order valence-electron chi connectivity index (χ4n) is 5.76. The average molecular weight is 514 g/mol. The second-order valence-corrected chi connectivity index (χ2v) is 10.6. The lowest BCUT2D eigenvalue weighted by Crippen LogP contribution is -2.49. The van der Waals surface area contributed by atoms with Crippen LogP contribution in [-0.4, -0.2) is 91.3 Å². The number of rotatable bonds is 8. The van der Waals surface area contributed by atoms with Crippen LogP contribution < -0.4 is 15.5 Å². The number of carbonyl (C=O) groups is 1. The molecule has 3 aliphatic heterocycles. The summed E-state index contributed by atoms with van der Waals surface area (Å²) in [6.07, 6.45) is 10.8. The van der Waals surface area contributed by atoms with Crippen molar-refractivity contribution in [2.24, 2.45) is 0 Å². The van der Waals surface area contributed by atoms with Crippen LogP contribution in [-0.2, 0) is 4.79 Å². The van der Waals surface area contributed by atoms with Gasteiger partial charge in [0.05, 0.1) is 0 Å². The summed E-state index contributed by atoms with van der Waals surface area (Å²) in [6, 6.07) is 4.69. The van der Waals surface area contributed by atoms with Gasteiger partial charge in [-0.25, -0.2) is 4.98 Å². The zero-order valence-electron chi connectivity index (χ0n) is 23.8. The summed E-state index contributed by atoms with van der Waals surface area (Å²) in [6.45, 7) is 13.9. The van der Waals surface area contributed by atoms with Crippen molar-refractivity contribution < 1.29 is 4.79 Å². The molecular weight excluding hydrogens is 462 g/mol. The van der Waals surface area contributed by atoms with Crippen molar-refractivity contribution in [3.05, 3.63) is 17.7 Å². The molecule has 0 radical (unpaired) electrons. The summed E-state index contributed by atoms with van der Waals surface area (Å²) in [5.74, 6) is 1.24. The molecule has 1 atom stereocenters. The summed E-state index contributed by atoms with van der Waals surface area (Å²) < 4.78 is 0. The van der Waals surface area contributed by atoms with Crippen LogP contribution in [0.25, 0.3) is 0 Å². The number of amides is 1. The number of nitrogens with zero attached hydrogens (tertiary/aromatic N) is 4. The van der Waals surface area contributed by atoms with Gasteiger partial charge in [-0.05, 0) is 64.1 Å². The number of nitrogens with one attached hydrogen (secondary N) is 3. The smallest absolute Gasteiger partial charge is 0.270 e. The van der Waals surface area contributed by atoms with E-state index in [2.05, 4.69) is 32.3 Å². The Hall–Kier alpha value is -2.19. The Morgan fingerprint density at radius 3 is 2.27 bits per heavy atom. The zero-order chi connectivity index (χ0) is 26.6. The van der Waals surface area contributed by atoms with Gasteiger partial charge in [-0.15, -0.1) is 0 Å². The maximum Gasteiger partial charge on any atom is 0.270 e. The summed E-state index contributed by atoms with van der Waals surface area (Å²) in [4.78, 5) is 25.2. The first kappa shape index (κ1) is 29.4. The predicted octanol–water partition coefficient (Wildman–Crippen LogP) is 4.35. The van der Waals surface area contributed by atoms with E-state index in [9.17, 15) is 4.79 Å². The minimum atomic E-state index is -0.300. The third-order valence-electron chi connectivity index (χ3n) is 8.11. The molecule has 1 aromatic rings. The highest BCUT2D eigenvalue weighted by Crippen LogP contribution is 2.23. The van der Waals surface area contributed by atoms with Crippen molar-refractivity contribution in [2.45, 2.75) is 90.6 Å². The highest BCUT2D eigenvalue weighted by molar-refractivity contribution is 6.45. The first-order valence-electron chi connectivity index (χ1n) is 14.8. The number of likely N-dealkylation sites (tertiary alicyclic amines) is 2. The maximum absolute atomic E-state index is 12.9.